The van der Waals surface area contributed by atoms with Crippen molar-refractivity contribution in [1.82, 2.24) is 0 Å². The van der Waals surface area contributed by atoms with E-state index in [1.165, 1.54) is 0 Å². The molecule has 0 aliphatic rings. The fourth-order valence-electron chi connectivity index (χ4n) is 0. The molecule has 0 heterocycles. The van der Waals surface area contributed by atoms with E-state index in [1.807, 2.05) is 166 Å². The molecule has 0 aromatic rings. The van der Waals surface area contributed by atoms with Crippen molar-refractivity contribution >= 4 is 35.3 Å². The van der Waals surface area contributed by atoms with Gasteiger partial charge in [0.05, 0.1) is 1.12 Å². The van der Waals surface area contributed by atoms with Crippen molar-refractivity contribution in [2.24, 2.45) is 0 Å². The van der Waals surface area contributed by atoms with Crippen molar-refractivity contribution in [3.8, 4) is 0 Å². The quantitative estimate of drug-likeness (QED) is 0.316. The highest BCUT2D eigenvalue weighted by molar-refractivity contribution is 7.59. The molecule has 0 unspecified atom stereocenters. The summed E-state index contributed by atoms with van der Waals surface area (Å²) >= 11 is 2.78. The lowest BCUT2D eigenvalue weighted by Crippen LogP contribution is -0.856. The average molecular weight is 460 g/mol. The summed E-state index contributed by atoms with van der Waals surface area (Å²) in [6, 6.07) is 0. The lowest BCUT2D eigenvalue weighted by atomic mass is 10.8. The van der Waals surface area contributed by atoms with Crippen LogP contribution in [0.1, 0.15) is 175 Å². The smallest absolute Gasteiger partial charge is 0.0985 e. The predicted molar refractivity (Wildman–Crippen MR) is 172 cm³/mol. The van der Waals surface area contributed by atoms with Gasteiger partial charge >= 0.3 is 0 Å². The Kier molecular flexibility index (Phi) is 142000. The van der Waals surface area contributed by atoms with E-state index in [-0.39, 0.29) is 30.8 Å². The van der Waals surface area contributed by atoms with Crippen LogP contribution in [0.4, 0.5) is 0 Å². The second kappa shape index (κ2) is 34000. The van der Waals surface area contributed by atoms with Crippen LogP contribution in [0, 0.1) is 0 Å². The van der Waals surface area contributed by atoms with Crippen LogP contribution in [0.5, 0.6) is 0 Å². The molecule has 0 N–H and O–H groups in total. The molecule has 0 rings (SSSR count). The molecule has 0 fully saturated rings. The van der Waals surface area contributed by atoms with Gasteiger partial charge in [0.15, 0.2) is 0 Å². The van der Waals surface area contributed by atoms with Crippen LogP contribution < -0.4 is 0 Å². The van der Waals surface area contributed by atoms with Gasteiger partial charge in [-0.05, 0) is 0 Å². The highest BCUT2D eigenvalue weighted by Gasteiger charge is 0.954. The zero-order chi connectivity index (χ0) is 26.0. The third kappa shape index (κ3) is 30400. The van der Waals surface area contributed by atoms with Gasteiger partial charge in [-0.15, -0.1) is 0 Å². The van der Waals surface area contributed by atoms with E-state index in [9.17, 15) is 0 Å². The molecule has 0 aromatic carbocycles. The van der Waals surface area contributed by atoms with E-state index < -0.39 is 0 Å². The summed E-state index contributed by atoms with van der Waals surface area (Å²) in [6.45, 7) is 48.0. The zero-order valence-electron chi connectivity index (χ0n) is 26.5. The van der Waals surface area contributed by atoms with Crippen LogP contribution >= 0.6 is 26.9 Å². The number of hydrogen-bond acceptors (Lipinski definition) is 0. The van der Waals surface area contributed by atoms with Gasteiger partial charge in [-0.3, -0.25) is 0 Å². The Hall–Kier alpha value is 0.765. The first kappa shape index (κ1) is 117. The van der Waals surface area contributed by atoms with Crippen molar-refractivity contribution < 1.29 is 1.43 Å². The van der Waals surface area contributed by atoms with E-state index in [4.69, 9.17) is 1.12 Å². The van der Waals surface area contributed by atoms with Crippen molar-refractivity contribution in [3.05, 3.63) is 0 Å². The lowest BCUT2D eigenvalue weighted by Gasteiger charge is -1.07. The molecule has 0 aliphatic carbocycles. The summed E-state index contributed by atoms with van der Waals surface area (Å²) in [7, 11) is 0. The Balaban J connectivity index is -0.00000000402. The van der Waals surface area contributed by atoms with Gasteiger partial charge in [-0.25, -0.2) is 0 Å². The number of hydrogen-bond donors (Lipinski definition) is 0. The molecule has 0 spiro atoms. The third-order valence-corrected chi connectivity index (χ3v) is 0. The van der Waals surface area contributed by atoms with E-state index in [0.29, 0.717) is 0 Å². The molecule has 0 saturated heterocycles. The Morgan fingerprint density at radius 1 is 0.286 bits per heavy atom. The van der Waals surface area contributed by atoms with Crippen molar-refractivity contribution in [2.75, 3.05) is 0 Å². The minimum atomic E-state index is 0. The summed E-state index contributed by atoms with van der Waals surface area (Å²) in [6.07, 6.45) is 0. The highest BCUT2D eigenvalue weighted by atomic mass is 32.1. The van der Waals surface area contributed by atoms with Gasteiger partial charge in [-0.1, -0.05) is 174 Å². The van der Waals surface area contributed by atoms with Crippen molar-refractivity contribution in [1.29, 1.82) is 1.12 Å². The lowest BCUT2D eigenvalue weighted by molar-refractivity contribution is 1.50. The third-order valence-electron chi connectivity index (χ3n) is 0. The summed E-state index contributed by atoms with van der Waals surface area (Å²) in [5, 5.41) is 0. The average Bonchev–Trinajstić information content (AvgIpc) is 2.90. The van der Waals surface area contributed by atoms with Crippen LogP contribution in [0.15, 0.2) is 0 Å². The van der Waals surface area contributed by atoms with E-state index in [2.05, 4.69) is 13.4 Å². The molecule has 3 heteroatoms. The van der Waals surface area contributed by atoms with Gasteiger partial charge in [0, 0.05) is 9.84 Å². The molecular weight excluding hydrogens is 375 g/mol. The minimum absolute atomic E-state index is 0. The van der Waals surface area contributed by atoms with Gasteiger partial charge in [-0.2, -0.15) is 26.9 Å². The topological polar surface area (TPSA) is 0 Å². The van der Waals surface area contributed by atoms with Gasteiger partial charge < -0.3 is 0 Å². The number of rotatable bonds is 0. The monoisotopic (exact) mass is 460 g/mol. The van der Waals surface area contributed by atoms with Crippen LogP contribution in [-0.2, 0) is 0 Å². The molecule has 28 heavy (non-hydrogen) atoms. The first-order valence-electron chi connectivity index (χ1n) is 12.4. The molecule has 0 amide bonds. The fraction of sp³-hybridized carbons (Fsp3) is 1.00. The van der Waals surface area contributed by atoms with Gasteiger partial charge in [0.25, 0.3) is 0 Å². The summed E-state index contributed by atoms with van der Waals surface area (Å²) < 4.78 is 5.44. The Bertz CT molecular complexity index is 27.1. The van der Waals surface area contributed by atoms with Crippen LogP contribution in [0.2, 0.25) is 0 Å². The first-order valence-corrected chi connectivity index (χ1v) is 12.0. The minimum Gasteiger partial charge on any atom is -0.197 e. The molecule has 197 valence electrons. The molecule has 0 saturated carbocycles. The zero-order valence-corrected chi connectivity index (χ0v) is 27.4. The predicted octanol–water partition coefficient (Wildman–Crippen LogP) is 13.0. The highest BCUT2D eigenvalue weighted by Crippen LogP contribution is 1.17. The van der Waals surface area contributed by atoms with E-state index in [1.54, 1.807) is 0 Å². The second-order valence-corrected chi connectivity index (χ2v) is 0. The van der Waals surface area contributed by atoms with E-state index >= 15 is 0 Å². The summed E-state index contributed by atoms with van der Waals surface area (Å²) in [5.41, 5.74) is 0. The first-order chi connectivity index (χ1) is 13.0. The molecule has 0 nitrogen and oxygen atoms in total. The second-order valence-electron chi connectivity index (χ2n) is 0. The Labute approximate surface area is 211 Å². The Morgan fingerprint density at radius 3 is 0.286 bits per heavy atom. The van der Waals surface area contributed by atoms with Gasteiger partial charge in [0.1, 0.15) is 0 Å². The standard InChI is InChI=1S/12C2H6.CH4.B.2H2S.H2/c12*1-2;;;;;/h12*1-2H3;1H4;;2*1H2;1H/i;;;;;;;;;;;;;;;;1+1/hD. The summed E-state index contributed by atoms with van der Waals surface area (Å²) in [5.74, 6) is 0. The molecule has 3 radical (unpaired) electrons. The van der Waals surface area contributed by atoms with E-state index in [0.717, 1.165) is 0 Å². The Morgan fingerprint density at radius 2 is 0.286 bits per heavy atom. The maximum Gasteiger partial charge on any atom is 0.0985 e. The van der Waals surface area contributed by atoms with Crippen LogP contribution in [0.3, 0.4) is 0 Å². The molecule has 0 aromatic heterocycles. The molecule has 0 aliphatic heterocycles. The fourth-order valence-corrected chi connectivity index (χ4v) is 0. The van der Waals surface area contributed by atoms with Gasteiger partial charge in [0.2, 0.25) is 0 Å². The maximum absolute atomic E-state index is 5.44. The van der Waals surface area contributed by atoms with Crippen molar-refractivity contribution in [2.45, 2.75) is 174 Å². The normalized spacial score (nSPS) is 2.82. The molecule has 0 atom stereocenters. The maximum atomic E-state index is 5.44. The molecule has 0 bridgehead atoms. The van der Waals surface area contributed by atoms with Crippen LogP contribution in [0.25, 0.3) is 0 Å². The SMILES string of the molecule is C.CC.CC.CC.CC.CC.CC.CC.CC.CC.CC.CC.CC.S.[2HH].[2H]S.[B]. The summed E-state index contributed by atoms with van der Waals surface area (Å²) in [4.78, 5) is 0. The van der Waals surface area contributed by atoms with Crippen LogP contribution in [-0.4, -0.2) is 9.54 Å². The molecular formula is C25H82BS2. The van der Waals surface area contributed by atoms with Crippen molar-refractivity contribution in [3.63, 3.8) is 0 Å². The largest absolute Gasteiger partial charge is 0.197 e.